The summed E-state index contributed by atoms with van der Waals surface area (Å²) < 4.78 is 6.52. The third-order valence-corrected chi connectivity index (χ3v) is 5.93. The maximum atomic E-state index is 12.3. The van der Waals surface area contributed by atoms with Crippen LogP contribution in [0.4, 0.5) is 4.79 Å². The lowest BCUT2D eigenvalue weighted by molar-refractivity contribution is 0.123. The quantitative estimate of drug-likeness (QED) is 0.348. The Morgan fingerprint density at radius 2 is 1.72 bits per heavy atom. The molecule has 0 amide bonds. The van der Waals surface area contributed by atoms with Crippen LogP contribution in [-0.4, -0.2) is 10.3 Å². The summed E-state index contributed by atoms with van der Waals surface area (Å²) in [6.45, 7) is 0. The van der Waals surface area contributed by atoms with Crippen LogP contribution < -0.4 is 0 Å². The second kappa shape index (κ2) is 8.72. The molecular formula is C18H13Cl2NO2S2. The first-order valence-electron chi connectivity index (χ1n) is 7.41. The first kappa shape index (κ1) is 18.3. The molecule has 0 aliphatic heterocycles. The predicted molar refractivity (Wildman–Crippen MR) is 104 cm³/mol. The number of halogens is 2. The zero-order chi connectivity index (χ0) is 17.6. The normalized spacial score (nSPS) is 11.9. The van der Waals surface area contributed by atoms with Crippen molar-refractivity contribution in [2.45, 2.75) is 16.9 Å². The standard InChI is InChI=1S/C18H13Cl2NO2S2/c19-15-16(20)24-17(21-15)25-18(22)23-14(13-9-5-2-6-10-13)11-12-7-3-1-4-8-12/h1-10,14H,11H2. The summed E-state index contributed by atoms with van der Waals surface area (Å²) in [6.07, 6.45) is 0.214. The lowest BCUT2D eigenvalue weighted by atomic mass is 10.0. The highest BCUT2D eigenvalue weighted by molar-refractivity contribution is 8.14. The highest BCUT2D eigenvalue weighted by Gasteiger charge is 2.20. The van der Waals surface area contributed by atoms with Crippen molar-refractivity contribution in [3.63, 3.8) is 0 Å². The van der Waals surface area contributed by atoms with Gasteiger partial charge in [0.15, 0.2) is 9.49 Å². The SMILES string of the molecule is O=C(OC(Cc1ccccc1)c1ccccc1)Sc1nc(Cl)c(Cl)s1. The zero-order valence-electron chi connectivity index (χ0n) is 12.9. The van der Waals surface area contributed by atoms with Crippen LogP contribution in [0.2, 0.25) is 9.49 Å². The molecule has 1 aromatic heterocycles. The number of rotatable bonds is 5. The van der Waals surface area contributed by atoms with E-state index in [0.29, 0.717) is 15.1 Å². The highest BCUT2D eigenvalue weighted by Crippen LogP contribution is 2.35. The van der Waals surface area contributed by atoms with Crippen molar-refractivity contribution >= 4 is 51.6 Å². The molecule has 1 unspecified atom stereocenters. The van der Waals surface area contributed by atoms with Crippen LogP contribution in [0.3, 0.4) is 0 Å². The molecule has 7 heteroatoms. The lowest BCUT2D eigenvalue weighted by Crippen LogP contribution is -2.10. The number of benzene rings is 2. The number of hydrogen-bond donors (Lipinski definition) is 0. The van der Waals surface area contributed by atoms with Gasteiger partial charge in [0.2, 0.25) is 0 Å². The van der Waals surface area contributed by atoms with Gasteiger partial charge in [-0.1, -0.05) is 95.2 Å². The van der Waals surface area contributed by atoms with Gasteiger partial charge in [0.25, 0.3) is 0 Å². The molecule has 25 heavy (non-hydrogen) atoms. The minimum atomic E-state index is -0.438. The molecule has 0 bridgehead atoms. The molecule has 0 spiro atoms. The molecule has 3 aromatic rings. The number of carbonyl (C=O) groups is 1. The van der Waals surface area contributed by atoms with E-state index in [4.69, 9.17) is 27.9 Å². The molecule has 0 N–H and O–H groups in total. The number of nitrogens with zero attached hydrogens (tertiary/aromatic N) is 1. The highest BCUT2D eigenvalue weighted by atomic mass is 35.5. The molecule has 0 fully saturated rings. The van der Waals surface area contributed by atoms with E-state index in [0.717, 1.165) is 34.2 Å². The van der Waals surface area contributed by atoms with Gasteiger partial charge in [-0.25, -0.2) is 9.78 Å². The predicted octanol–water partition coefficient (Wildman–Crippen LogP) is 6.66. The Bertz CT molecular complexity index is 821. The monoisotopic (exact) mass is 409 g/mol. The molecule has 0 saturated heterocycles. The maximum Gasteiger partial charge on any atom is 0.375 e. The zero-order valence-corrected chi connectivity index (χ0v) is 16.0. The van der Waals surface area contributed by atoms with E-state index in [9.17, 15) is 4.79 Å². The van der Waals surface area contributed by atoms with Gasteiger partial charge < -0.3 is 4.74 Å². The third-order valence-electron chi connectivity index (χ3n) is 3.37. The minimum Gasteiger partial charge on any atom is -0.449 e. The van der Waals surface area contributed by atoms with E-state index >= 15 is 0 Å². The summed E-state index contributed by atoms with van der Waals surface area (Å²) >= 11 is 13.7. The average Bonchev–Trinajstić information content (AvgIpc) is 2.93. The summed E-state index contributed by atoms with van der Waals surface area (Å²) in [7, 11) is 0. The molecular weight excluding hydrogens is 397 g/mol. The van der Waals surface area contributed by atoms with Crippen LogP contribution in [0.25, 0.3) is 0 Å². The van der Waals surface area contributed by atoms with Crippen LogP contribution in [-0.2, 0) is 11.2 Å². The van der Waals surface area contributed by atoms with E-state index in [2.05, 4.69) is 4.98 Å². The van der Waals surface area contributed by atoms with Crippen molar-refractivity contribution in [2.75, 3.05) is 0 Å². The van der Waals surface area contributed by atoms with E-state index < -0.39 is 5.30 Å². The smallest absolute Gasteiger partial charge is 0.375 e. The minimum absolute atomic E-state index is 0.200. The van der Waals surface area contributed by atoms with Crippen molar-refractivity contribution < 1.29 is 9.53 Å². The second-order valence-electron chi connectivity index (χ2n) is 5.10. The molecule has 1 heterocycles. The number of hydrogen-bond acceptors (Lipinski definition) is 5. The van der Waals surface area contributed by atoms with E-state index in [1.54, 1.807) is 0 Å². The van der Waals surface area contributed by atoms with E-state index in [1.165, 1.54) is 0 Å². The van der Waals surface area contributed by atoms with Crippen LogP contribution >= 0.6 is 46.3 Å². The molecule has 0 aliphatic rings. The number of ether oxygens (including phenoxy) is 1. The Morgan fingerprint density at radius 1 is 1.08 bits per heavy atom. The Kier molecular flexibility index (Phi) is 6.37. The topological polar surface area (TPSA) is 39.2 Å². The maximum absolute atomic E-state index is 12.3. The largest absolute Gasteiger partial charge is 0.449 e. The van der Waals surface area contributed by atoms with Crippen LogP contribution in [0, 0.1) is 0 Å². The van der Waals surface area contributed by atoms with Crippen molar-refractivity contribution in [2.24, 2.45) is 0 Å². The molecule has 0 saturated carbocycles. The van der Waals surface area contributed by atoms with Crippen molar-refractivity contribution in [1.29, 1.82) is 0 Å². The Morgan fingerprint density at radius 3 is 2.32 bits per heavy atom. The fourth-order valence-electron chi connectivity index (χ4n) is 2.24. The van der Waals surface area contributed by atoms with Crippen LogP contribution in [0.1, 0.15) is 17.2 Å². The van der Waals surface area contributed by atoms with Gasteiger partial charge in [-0.15, -0.1) is 0 Å². The fraction of sp³-hybridized carbons (Fsp3) is 0.111. The molecule has 3 nitrogen and oxygen atoms in total. The molecule has 0 aliphatic carbocycles. The lowest BCUT2D eigenvalue weighted by Gasteiger charge is -2.18. The number of thiazole rings is 1. The van der Waals surface area contributed by atoms with Gasteiger partial charge in [-0.05, 0) is 11.1 Å². The number of thioether (sulfide) groups is 1. The Hall–Kier alpha value is -1.53. The van der Waals surface area contributed by atoms with E-state index in [1.807, 2.05) is 60.7 Å². The van der Waals surface area contributed by atoms with Gasteiger partial charge in [0.05, 0.1) is 0 Å². The van der Waals surface area contributed by atoms with E-state index in [-0.39, 0.29) is 11.3 Å². The summed E-state index contributed by atoms with van der Waals surface area (Å²) in [4.78, 5) is 16.4. The Balaban J connectivity index is 1.73. The Labute approximate surface area is 164 Å². The summed E-state index contributed by atoms with van der Waals surface area (Å²) in [5, 5.41) is -0.238. The van der Waals surface area contributed by atoms with Crippen LogP contribution in [0.5, 0.6) is 0 Å². The van der Waals surface area contributed by atoms with Gasteiger partial charge in [-0.2, -0.15) is 0 Å². The summed E-state index contributed by atoms with van der Waals surface area (Å²) in [6, 6.07) is 19.6. The average molecular weight is 410 g/mol. The van der Waals surface area contributed by atoms with Gasteiger partial charge >= 0.3 is 5.30 Å². The number of carbonyl (C=O) groups excluding carboxylic acids is 1. The molecule has 2 aromatic carbocycles. The van der Waals surface area contributed by atoms with Gasteiger partial charge in [-0.3, -0.25) is 0 Å². The number of aromatic nitrogens is 1. The molecule has 3 rings (SSSR count). The second-order valence-corrected chi connectivity index (χ2v) is 8.24. The molecule has 1 atom stereocenters. The van der Waals surface area contributed by atoms with Crippen LogP contribution in [0.15, 0.2) is 65.0 Å². The van der Waals surface area contributed by atoms with Gasteiger partial charge in [0.1, 0.15) is 10.4 Å². The van der Waals surface area contributed by atoms with Gasteiger partial charge in [0, 0.05) is 18.2 Å². The van der Waals surface area contributed by atoms with Crippen molar-refractivity contribution in [1.82, 2.24) is 4.98 Å². The fourth-order valence-corrected chi connectivity index (χ4v) is 4.43. The van der Waals surface area contributed by atoms with Crippen molar-refractivity contribution in [3.05, 3.63) is 81.3 Å². The summed E-state index contributed by atoms with van der Waals surface area (Å²) in [5.74, 6) is 0. The van der Waals surface area contributed by atoms with Crippen molar-refractivity contribution in [3.8, 4) is 0 Å². The summed E-state index contributed by atoms with van der Waals surface area (Å²) in [5.41, 5.74) is 2.03. The molecule has 128 valence electrons. The first-order valence-corrected chi connectivity index (χ1v) is 9.80. The first-order chi connectivity index (χ1) is 12.1. The molecule has 0 radical (unpaired) electrons. The third kappa shape index (κ3) is 5.22.